The zero-order valence-corrected chi connectivity index (χ0v) is 30.6. The van der Waals surface area contributed by atoms with Crippen LogP contribution in [0.3, 0.4) is 0 Å². The summed E-state index contributed by atoms with van der Waals surface area (Å²) in [5, 5.41) is 4.90. The molecule has 5 aromatic rings. The molecule has 2 aromatic heterocycles. The van der Waals surface area contributed by atoms with Gasteiger partial charge in [0.1, 0.15) is 0 Å². The zero-order valence-electron chi connectivity index (χ0n) is 26.3. The van der Waals surface area contributed by atoms with Crippen LogP contribution < -0.4 is 15.9 Å². The second-order valence-electron chi connectivity index (χ2n) is 10.9. The van der Waals surface area contributed by atoms with Gasteiger partial charge in [-0.1, -0.05) is 6.08 Å². The van der Waals surface area contributed by atoms with E-state index in [9.17, 15) is 0 Å². The average molecular weight is 822 g/mol. The Morgan fingerprint density at radius 3 is 1.94 bits per heavy atom. The topological polar surface area (TPSA) is 22.1 Å². The van der Waals surface area contributed by atoms with Gasteiger partial charge < -0.3 is 0 Å². The second-order valence-corrected chi connectivity index (χ2v) is 16.0. The number of ether oxygens (including phenoxy) is 1. The average Bonchev–Trinajstić information content (AvgIpc) is 3.80. The van der Waals surface area contributed by atoms with Crippen LogP contribution in [0.1, 0.15) is 24.3 Å². The fourth-order valence-electron chi connectivity index (χ4n) is 5.77. The van der Waals surface area contributed by atoms with Crippen molar-refractivity contribution in [3.63, 3.8) is 0 Å². The Morgan fingerprint density at radius 2 is 1.40 bits per heavy atom. The SMILES string of the molecule is CC=C1COCC1=CC(C#Cc1ccc(-c2ccc(/C=C/C)s2)nc1)=C([C]#[Os])[P+](c1ccccc1)(c1ccccc1)c1ccccc1. The van der Waals surface area contributed by atoms with Crippen molar-refractivity contribution in [1.29, 1.82) is 0 Å². The molecule has 5 heteroatoms. The summed E-state index contributed by atoms with van der Waals surface area (Å²) in [6, 6.07) is 41.1. The molecule has 231 valence electrons. The fourth-order valence-corrected chi connectivity index (χ4v) is 12.5. The summed E-state index contributed by atoms with van der Waals surface area (Å²) < 4.78 is 9.67. The predicted octanol–water partition coefficient (Wildman–Crippen LogP) is 8.85. The van der Waals surface area contributed by atoms with E-state index in [1.54, 1.807) is 29.3 Å². The van der Waals surface area contributed by atoms with Crippen molar-refractivity contribution in [1.82, 2.24) is 4.98 Å². The number of rotatable bonds is 7. The summed E-state index contributed by atoms with van der Waals surface area (Å²) in [4.78, 5) is 7.16. The van der Waals surface area contributed by atoms with Crippen LogP contribution in [0, 0.1) is 16.2 Å². The van der Waals surface area contributed by atoms with Gasteiger partial charge in [-0.25, -0.2) is 0 Å². The molecule has 0 N–H and O–H groups in total. The number of aromatic nitrogens is 1. The molecule has 0 unspecified atom stereocenters. The van der Waals surface area contributed by atoms with Crippen LogP contribution in [0.4, 0.5) is 0 Å². The summed E-state index contributed by atoms with van der Waals surface area (Å²) in [5.74, 6) is 7.14. The molecule has 0 saturated carbocycles. The van der Waals surface area contributed by atoms with E-state index >= 15 is 0 Å². The standard InChI is InChI=1S/C42H34NOPS.Os/c1-4-15-40-25-27-42(46-40)41-26-23-33(29-43-41)22-24-35(28-36-31-44-30-34(36)5-2)32(3)45(37-16-9-6-10-17-37,38-18-11-7-12-19-38)39-20-13-8-14-21-39;/h4-21,23,25-29H,30-31H2,1-2H3;/q+1;/b15-4+,34-5?,35-32?,36-28?;. The molecule has 2 nitrogen and oxygen atoms in total. The predicted molar refractivity (Wildman–Crippen MR) is 198 cm³/mol. The Bertz CT molecular complexity index is 1980. The third kappa shape index (κ3) is 7.08. The summed E-state index contributed by atoms with van der Waals surface area (Å²) >= 11 is 3.51. The van der Waals surface area contributed by atoms with Gasteiger partial charge in [0, 0.05) is 0 Å². The number of allylic oxidation sites excluding steroid dienone is 5. The Balaban J connectivity index is 1.59. The van der Waals surface area contributed by atoms with Crippen molar-refractivity contribution in [3.8, 4) is 26.8 Å². The molecular weight excluding hydrogens is 788 g/mol. The summed E-state index contributed by atoms with van der Waals surface area (Å²) in [7, 11) is -2.43. The van der Waals surface area contributed by atoms with Gasteiger partial charge in [-0.05, 0) is 13.0 Å². The van der Waals surface area contributed by atoms with Crippen molar-refractivity contribution >= 4 is 40.6 Å². The molecule has 47 heavy (non-hydrogen) atoms. The minimum atomic E-state index is -2.43. The Kier molecular flexibility index (Phi) is 10.9. The third-order valence-electron chi connectivity index (χ3n) is 8.01. The van der Waals surface area contributed by atoms with Gasteiger partial charge in [0.2, 0.25) is 0 Å². The number of thiophene rings is 1. The molecule has 0 atom stereocenters. The Hall–Kier alpha value is -4.16. The normalized spacial score (nSPS) is 15.4. The van der Waals surface area contributed by atoms with E-state index in [-0.39, 0.29) is 0 Å². The van der Waals surface area contributed by atoms with E-state index < -0.39 is 7.26 Å². The molecule has 3 aromatic carbocycles. The van der Waals surface area contributed by atoms with Crippen molar-refractivity contribution in [2.75, 3.05) is 13.2 Å². The maximum absolute atomic E-state index is 5.92. The molecule has 0 bridgehead atoms. The van der Waals surface area contributed by atoms with Crippen LogP contribution in [0.15, 0.2) is 162 Å². The zero-order chi connectivity index (χ0) is 32.5. The first kappa shape index (κ1) is 32.8. The number of benzene rings is 3. The molecule has 1 fully saturated rings. The second kappa shape index (κ2) is 15.6. The quantitative estimate of drug-likeness (QED) is 0.121. The van der Waals surface area contributed by atoms with Crippen LogP contribution in [0.2, 0.25) is 0 Å². The van der Waals surface area contributed by atoms with Gasteiger partial charge in [0.15, 0.2) is 0 Å². The fraction of sp³-hybridized carbons (Fsp3) is 0.0952. The van der Waals surface area contributed by atoms with Gasteiger partial charge in [0.25, 0.3) is 0 Å². The number of hydrogen-bond acceptors (Lipinski definition) is 3. The van der Waals surface area contributed by atoms with E-state index in [1.165, 1.54) is 26.4 Å². The Labute approximate surface area is 292 Å². The van der Waals surface area contributed by atoms with Crippen molar-refractivity contribution in [3.05, 3.63) is 172 Å². The summed E-state index contributed by atoms with van der Waals surface area (Å²) in [6.45, 7) is 5.28. The van der Waals surface area contributed by atoms with Crippen LogP contribution in [0.25, 0.3) is 16.6 Å². The van der Waals surface area contributed by atoms with E-state index in [0.717, 1.165) is 32.6 Å². The van der Waals surface area contributed by atoms with Gasteiger partial charge in [-0.2, -0.15) is 0 Å². The maximum atomic E-state index is 5.92. The van der Waals surface area contributed by atoms with Gasteiger partial charge in [0.05, 0.1) is 0 Å². The van der Waals surface area contributed by atoms with Gasteiger partial charge in [-0.3, -0.25) is 0 Å². The number of pyridine rings is 1. The molecule has 1 saturated heterocycles. The molecule has 0 spiro atoms. The molecule has 6 rings (SSSR count). The van der Waals surface area contributed by atoms with Crippen molar-refractivity contribution in [2.45, 2.75) is 13.8 Å². The van der Waals surface area contributed by atoms with E-state index in [2.05, 4.69) is 163 Å². The molecule has 0 aliphatic carbocycles. The van der Waals surface area contributed by atoms with Crippen LogP contribution >= 0.6 is 18.6 Å². The van der Waals surface area contributed by atoms with Crippen molar-refractivity contribution < 1.29 is 22.7 Å². The molecule has 0 amide bonds. The van der Waals surface area contributed by atoms with Gasteiger partial charge in [-0.15, -0.1) is 0 Å². The number of hydrogen-bond donors (Lipinski definition) is 0. The first-order valence-corrected chi connectivity index (χ1v) is 19.4. The summed E-state index contributed by atoms with van der Waals surface area (Å²) in [6.07, 6.45) is 10.4. The molecule has 0 radical (unpaired) electrons. The Morgan fingerprint density at radius 1 is 0.787 bits per heavy atom. The molecule has 3 heterocycles. The van der Waals surface area contributed by atoms with Crippen LogP contribution in [-0.4, -0.2) is 18.2 Å². The molecule has 1 aliphatic rings. The van der Waals surface area contributed by atoms with Crippen LogP contribution in [-0.2, 0) is 22.7 Å². The summed E-state index contributed by atoms with van der Waals surface area (Å²) in [5.41, 5.74) is 5.12. The molecule has 1 aliphatic heterocycles. The number of nitrogens with zero attached hydrogens (tertiary/aromatic N) is 1. The first-order valence-electron chi connectivity index (χ1n) is 15.5. The van der Waals surface area contributed by atoms with E-state index in [4.69, 9.17) is 9.72 Å². The van der Waals surface area contributed by atoms with Crippen LogP contribution in [0.5, 0.6) is 0 Å². The van der Waals surface area contributed by atoms with E-state index in [1.807, 2.05) is 13.1 Å². The van der Waals surface area contributed by atoms with Crippen molar-refractivity contribution in [2.24, 2.45) is 0 Å². The minimum absolute atomic E-state index is 0.559. The third-order valence-corrected chi connectivity index (χ3v) is 14.5. The van der Waals surface area contributed by atoms with E-state index in [0.29, 0.717) is 13.2 Å². The molecular formula is C42H34NOOsPS+. The van der Waals surface area contributed by atoms with Gasteiger partial charge >= 0.3 is 275 Å². The first-order chi connectivity index (χ1) is 23.2. The monoisotopic (exact) mass is 823 g/mol.